The van der Waals surface area contributed by atoms with E-state index in [1.165, 1.54) is 0 Å². The minimum absolute atomic E-state index is 0.277. The normalized spacial score (nSPS) is 12.4. The first-order valence-corrected chi connectivity index (χ1v) is 7.79. The van der Waals surface area contributed by atoms with Gasteiger partial charge < -0.3 is 5.11 Å². The highest BCUT2D eigenvalue weighted by molar-refractivity contribution is 9.10. The van der Waals surface area contributed by atoms with E-state index < -0.39 is 5.97 Å². The van der Waals surface area contributed by atoms with Gasteiger partial charge in [0, 0.05) is 4.47 Å². The highest BCUT2D eigenvalue weighted by Gasteiger charge is 2.18. The molecule has 0 heterocycles. The number of carboxylic acids is 1. The van der Waals surface area contributed by atoms with Crippen LogP contribution in [0, 0.1) is 5.92 Å². The maximum absolute atomic E-state index is 11.2. The van der Waals surface area contributed by atoms with Crippen molar-refractivity contribution in [2.75, 3.05) is 12.0 Å². The van der Waals surface area contributed by atoms with Gasteiger partial charge in [-0.2, -0.15) is 11.8 Å². The summed E-state index contributed by atoms with van der Waals surface area (Å²) < 4.78 is 0.996. The Morgan fingerprint density at radius 2 is 2.18 bits per heavy atom. The van der Waals surface area contributed by atoms with Crippen LogP contribution in [0.25, 0.3) is 0 Å². The first-order chi connectivity index (χ1) is 8.15. The monoisotopic (exact) mass is 316 g/mol. The van der Waals surface area contributed by atoms with Gasteiger partial charge in [-0.05, 0) is 42.9 Å². The zero-order valence-corrected chi connectivity index (χ0v) is 12.3. The van der Waals surface area contributed by atoms with Crippen molar-refractivity contribution in [2.24, 2.45) is 5.92 Å². The Bertz CT molecular complexity index is 368. The average molecular weight is 317 g/mol. The van der Waals surface area contributed by atoms with Crippen molar-refractivity contribution in [1.82, 2.24) is 0 Å². The Morgan fingerprint density at radius 1 is 1.47 bits per heavy atom. The van der Waals surface area contributed by atoms with Gasteiger partial charge in [0.2, 0.25) is 0 Å². The average Bonchev–Trinajstić information content (AvgIpc) is 2.30. The number of aliphatic carboxylic acids is 1. The molecule has 1 N–H and O–H groups in total. The fraction of sp³-hybridized carbons (Fsp3) is 0.462. The quantitative estimate of drug-likeness (QED) is 0.777. The molecule has 1 aromatic carbocycles. The van der Waals surface area contributed by atoms with E-state index in [1.54, 1.807) is 11.8 Å². The van der Waals surface area contributed by atoms with Gasteiger partial charge in [-0.1, -0.05) is 34.1 Å². The number of hydrogen-bond acceptors (Lipinski definition) is 2. The third-order valence-corrected chi connectivity index (χ3v) is 4.14. The minimum Gasteiger partial charge on any atom is -0.481 e. The Morgan fingerprint density at radius 3 is 2.76 bits per heavy atom. The van der Waals surface area contributed by atoms with Gasteiger partial charge in [0.15, 0.2) is 0 Å². The number of thioether (sulfide) groups is 1. The van der Waals surface area contributed by atoms with E-state index in [0.29, 0.717) is 6.42 Å². The predicted octanol–water partition coefficient (Wildman–Crippen LogP) is 3.84. The van der Waals surface area contributed by atoms with Crippen LogP contribution in [0.1, 0.15) is 18.4 Å². The number of carbonyl (C=O) groups is 1. The van der Waals surface area contributed by atoms with Crippen molar-refractivity contribution in [2.45, 2.75) is 19.3 Å². The fourth-order valence-corrected chi connectivity index (χ4v) is 2.62. The molecule has 2 nitrogen and oxygen atoms in total. The van der Waals surface area contributed by atoms with E-state index in [0.717, 1.165) is 28.6 Å². The highest BCUT2D eigenvalue weighted by Crippen LogP contribution is 2.22. The molecule has 1 aromatic rings. The number of rotatable bonds is 7. The molecule has 0 aliphatic heterocycles. The van der Waals surface area contributed by atoms with Gasteiger partial charge in [0.1, 0.15) is 0 Å². The van der Waals surface area contributed by atoms with Crippen LogP contribution in [0.5, 0.6) is 0 Å². The summed E-state index contributed by atoms with van der Waals surface area (Å²) in [5.41, 5.74) is 1.07. The van der Waals surface area contributed by atoms with E-state index >= 15 is 0 Å². The van der Waals surface area contributed by atoms with Crippen molar-refractivity contribution in [3.05, 3.63) is 34.3 Å². The first kappa shape index (κ1) is 14.6. The molecular formula is C13H17BrO2S. The lowest BCUT2D eigenvalue weighted by molar-refractivity contribution is -0.141. The number of benzene rings is 1. The lowest BCUT2D eigenvalue weighted by Gasteiger charge is -2.13. The molecule has 0 spiro atoms. The SMILES string of the molecule is CSCCCC(Cc1ccccc1Br)C(=O)O. The van der Waals surface area contributed by atoms with E-state index in [-0.39, 0.29) is 5.92 Å². The Hall–Kier alpha value is -0.480. The Kier molecular flexibility index (Phi) is 6.66. The minimum atomic E-state index is -0.693. The zero-order chi connectivity index (χ0) is 12.7. The highest BCUT2D eigenvalue weighted by atomic mass is 79.9. The molecule has 0 aliphatic carbocycles. The molecule has 0 fully saturated rings. The molecule has 17 heavy (non-hydrogen) atoms. The van der Waals surface area contributed by atoms with Crippen molar-refractivity contribution in [3.63, 3.8) is 0 Å². The Labute approximate surface area is 115 Å². The van der Waals surface area contributed by atoms with Crippen LogP contribution in [-0.2, 0) is 11.2 Å². The summed E-state index contributed by atoms with van der Waals surface area (Å²) in [6, 6.07) is 7.82. The van der Waals surface area contributed by atoms with Crippen molar-refractivity contribution >= 4 is 33.7 Å². The standard InChI is InChI=1S/C13H17BrO2S/c1-17-8-4-6-11(13(15)16)9-10-5-2-3-7-12(10)14/h2-3,5,7,11H,4,6,8-9H2,1H3,(H,15,16). The largest absolute Gasteiger partial charge is 0.481 e. The van der Waals surface area contributed by atoms with Crippen LogP contribution in [0.2, 0.25) is 0 Å². The molecule has 0 aliphatic rings. The second-order valence-corrected chi connectivity index (χ2v) is 5.81. The number of hydrogen-bond donors (Lipinski definition) is 1. The molecule has 94 valence electrons. The third-order valence-electron chi connectivity index (χ3n) is 2.67. The second-order valence-electron chi connectivity index (χ2n) is 3.97. The van der Waals surface area contributed by atoms with Crippen LogP contribution in [0.3, 0.4) is 0 Å². The molecule has 1 unspecified atom stereocenters. The van der Waals surface area contributed by atoms with E-state index in [2.05, 4.69) is 15.9 Å². The summed E-state index contributed by atoms with van der Waals surface area (Å²) in [7, 11) is 0. The summed E-state index contributed by atoms with van der Waals surface area (Å²) in [5, 5.41) is 9.20. The van der Waals surface area contributed by atoms with Crippen molar-refractivity contribution in [1.29, 1.82) is 0 Å². The predicted molar refractivity (Wildman–Crippen MR) is 76.6 cm³/mol. The summed E-state index contributed by atoms with van der Waals surface area (Å²) in [4.78, 5) is 11.2. The van der Waals surface area contributed by atoms with Crippen molar-refractivity contribution in [3.8, 4) is 0 Å². The molecule has 0 amide bonds. The summed E-state index contributed by atoms with van der Waals surface area (Å²) >= 11 is 5.22. The fourth-order valence-electron chi connectivity index (χ4n) is 1.72. The Balaban J connectivity index is 2.61. The van der Waals surface area contributed by atoms with E-state index in [9.17, 15) is 9.90 Å². The van der Waals surface area contributed by atoms with Crippen LogP contribution in [0.15, 0.2) is 28.7 Å². The van der Waals surface area contributed by atoms with Gasteiger partial charge in [-0.3, -0.25) is 4.79 Å². The van der Waals surface area contributed by atoms with Crippen LogP contribution in [-0.4, -0.2) is 23.1 Å². The van der Waals surface area contributed by atoms with Gasteiger partial charge >= 0.3 is 5.97 Å². The van der Waals surface area contributed by atoms with Crippen molar-refractivity contribution < 1.29 is 9.90 Å². The van der Waals surface area contributed by atoms with Gasteiger partial charge in [0.05, 0.1) is 5.92 Å². The maximum Gasteiger partial charge on any atom is 0.306 e. The first-order valence-electron chi connectivity index (χ1n) is 5.60. The molecule has 0 saturated heterocycles. The van der Waals surface area contributed by atoms with Gasteiger partial charge in [-0.25, -0.2) is 0 Å². The van der Waals surface area contributed by atoms with Crippen LogP contribution < -0.4 is 0 Å². The smallest absolute Gasteiger partial charge is 0.306 e. The molecule has 4 heteroatoms. The molecule has 0 bridgehead atoms. The molecule has 1 atom stereocenters. The number of halogens is 1. The molecular weight excluding hydrogens is 300 g/mol. The summed E-state index contributed by atoms with van der Waals surface area (Å²) in [6.07, 6.45) is 4.36. The van der Waals surface area contributed by atoms with Crippen LogP contribution in [0.4, 0.5) is 0 Å². The molecule has 0 radical (unpaired) electrons. The second kappa shape index (κ2) is 7.77. The topological polar surface area (TPSA) is 37.3 Å². The van der Waals surface area contributed by atoms with Gasteiger partial charge in [0.25, 0.3) is 0 Å². The van der Waals surface area contributed by atoms with E-state index in [1.807, 2.05) is 30.5 Å². The van der Waals surface area contributed by atoms with Crippen LogP contribution >= 0.6 is 27.7 Å². The van der Waals surface area contributed by atoms with E-state index in [4.69, 9.17) is 0 Å². The zero-order valence-electron chi connectivity index (χ0n) is 9.86. The lowest BCUT2D eigenvalue weighted by Crippen LogP contribution is -2.17. The van der Waals surface area contributed by atoms with Gasteiger partial charge in [-0.15, -0.1) is 0 Å². The third kappa shape index (κ3) is 5.13. The maximum atomic E-state index is 11.2. The number of carboxylic acid groups (broad SMARTS) is 1. The molecule has 0 saturated carbocycles. The molecule has 0 aromatic heterocycles. The lowest BCUT2D eigenvalue weighted by atomic mass is 9.95. The summed E-state index contributed by atoms with van der Waals surface area (Å²) in [6.45, 7) is 0. The molecule has 1 rings (SSSR count). The summed E-state index contributed by atoms with van der Waals surface area (Å²) in [5.74, 6) is 0.0578.